The van der Waals surface area contributed by atoms with Crippen molar-refractivity contribution in [1.82, 2.24) is 0 Å². The molecule has 4 heteroatoms. The standard InChI is InChI=1S/C15H14O3S/c1-17-15(16)13-9-5-6-10-14(13)18-11-19-12-7-3-2-4-8-12/h2-10H,11H2,1H3. The van der Waals surface area contributed by atoms with Crippen LogP contribution in [0.2, 0.25) is 0 Å². The van der Waals surface area contributed by atoms with E-state index in [1.807, 2.05) is 36.4 Å². The van der Waals surface area contributed by atoms with Crippen molar-refractivity contribution in [3.8, 4) is 5.75 Å². The quantitative estimate of drug-likeness (QED) is 0.474. The first-order chi connectivity index (χ1) is 9.31. The SMILES string of the molecule is COC(=O)c1ccccc1OCSc1ccccc1. The zero-order valence-corrected chi connectivity index (χ0v) is 11.4. The highest BCUT2D eigenvalue weighted by molar-refractivity contribution is 7.99. The average molecular weight is 274 g/mol. The molecule has 3 nitrogen and oxygen atoms in total. The van der Waals surface area contributed by atoms with Gasteiger partial charge in [-0.25, -0.2) is 4.79 Å². The lowest BCUT2D eigenvalue weighted by Crippen LogP contribution is -2.05. The van der Waals surface area contributed by atoms with Crippen molar-refractivity contribution in [2.75, 3.05) is 13.0 Å². The monoisotopic (exact) mass is 274 g/mol. The van der Waals surface area contributed by atoms with E-state index < -0.39 is 0 Å². The van der Waals surface area contributed by atoms with Crippen LogP contribution < -0.4 is 4.74 Å². The summed E-state index contributed by atoms with van der Waals surface area (Å²) in [5.74, 6) is 0.593. The average Bonchev–Trinajstić information content (AvgIpc) is 2.48. The smallest absolute Gasteiger partial charge is 0.341 e. The molecule has 0 amide bonds. The maximum atomic E-state index is 11.6. The van der Waals surface area contributed by atoms with E-state index in [1.165, 1.54) is 7.11 Å². The molecular formula is C15H14O3S. The molecule has 2 aromatic rings. The second-order valence-corrected chi connectivity index (χ2v) is 4.70. The van der Waals surface area contributed by atoms with Crippen molar-refractivity contribution >= 4 is 17.7 Å². The molecular weight excluding hydrogens is 260 g/mol. The Balaban J connectivity index is 1.98. The Morgan fingerprint density at radius 2 is 1.74 bits per heavy atom. The van der Waals surface area contributed by atoms with Crippen LogP contribution in [0.3, 0.4) is 0 Å². The molecule has 0 radical (unpaired) electrons. The third kappa shape index (κ3) is 3.76. The van der Waals surface area contributed by atoms with Crippen molar-refractivity contribution in [3.63, 3.8) is 0 Å². The number of esters is 1. The number of ether oxygens (including phenoxy) is 2. The molecule has 0 aliphatic heterocycles. The van der Waals surface area contributed by atoms with E-state index in [2.05, 4.69) is 0 Å². The molecule has 0 aliphatic rings. The molecule has 0 aliphatic carbocycles. The Hall–Kier alpha value is -1.94. The van der Waals surface area contributed by atoms with Gasteiger partial charge in [0.05, 0.1) is 7.11 Å². The summed E-state index contributed by atoms with van der Waals surface area (Å²) in [5.41, 5.74) is 0.443. The minimum Gasteiger partial charge on any atom is -0.482 e. The number of benzene rings is 2. The van der Waals surface area contributed by atoms with Crippen LogP contribution in [0.5, 0.6) is 5.75 Å². The van der Waals surface area contributed by atoms with Crippen molar-refractivity contribution in [2.24, 2.45) is 0 Å². The van der Waals surface area contributed by atoms with Crippen LogP contribution in [0.25, 0.3) is 0 Å². The molecule has 0 N–H and O–H groups in total. The molecule has 0 aromatic heterocycles. The number of para-hydroxylation sites is 1. The fraction of sp³-hybridized carbons (Fsp3) is 0.133. The van der Waals surface area contributed by atoms with E-state index in [4.69, 9.17) is 9.47 Å². The molecule has 2 aromatic carbocycles. The summed E-state index contributed by atoms with van der Waals surface area (Å²) in [4.78, 5) is 12.7. The Morgan fingerprint density at radius 3 is 2.47 bits per heavy atom. The summed E-state index contributed by atoms with van der Waals surface area (Å²) in [7, 11) is 1.36. The Morgan fingerprint density at radius 1 is 1.05 bits per heavy atom. The van der Waals surface area contributed by atoms with Gasteiger partial charge in [0.1, 0.15) is 17.3 Å². The summed E-state index contributed by atoms with van der Waals surface area (Å²) < 4.78 is 10.3. The predicted octanol–water partition coefficient (Wildman–Crippen LogP) is 3.60. The van der Waals surface area contributed by atoms with Crippen LogP contribution in [-0.4, -0.2) is 19.0 Å². The first-order valence-electron chi connectivity index (χ1n) is 5.79. The minimum atomic E-state index is -0.389. The van der Waals surface area contributed by atoms with Gasteiger partial charge < -0.3 is 9.47 Å². The number of hydrogen-bond donors (Lipinski definition) is 0. The molecule has 0 unspecified atom stereocenters. The van der Waals surface area contributed by atoms with Gasteiger partial charge >= 0.3 is 5.97 Å². The van der Waals surface area contributed by atoms with Gasteiger partial charge in [0.2, 0.25) is 0 Å². The fourth-order valence-electron chi connectivity index (χ4n) is 1.55. The highest BCUT2D eigenvalue weighted by Crippen LogP contribution is 2.23. The van der Waals surface area contributed by atoms with Crippen LogP contribution in [0.4, 0.5) is 0 Å². The number of rotatable bonds is 5. The molecule has 0 atom stereocenters. The number of methoxy groups -OCH3 is 1. The fourth-order valence-corrected chi connectivity index (χ4v) is 2.22. The van der Waals surface area contributed by atoms with Crippen LogP contribution in [0.15, 0.2) is 59.5 Å². The van der Waals surface area contributed by atoms with Gasteiger partial charge in [-0.2, -0.15) is 0 Å². The van der Waals surface area contributed by atoms with Crippen molar-refractivity contribution < 1.29 is 14.3 Å². The molecule has 98 valence electrons. The highest BCUT2D eigenvalue weighted by atomic mass is 32.2. The Bertz CT molecular complexity index is 540. The summed E-state index contributed by atoms with van der Waals surface area (Å²) in [6.45, 7) is 0. The number of hydrogen-bond acceptors (Lipinski definition) is 4. The topological polar surface area (TPSA) is 35.5 Å². The molecule has 0 heterocycles. The van der Waals surface area contributed by atoms with E-state index >= 15 is 0 Å². The molecule has 0 bridgehead atoms. The Labute approximate surface area is 116 Å². The zero-order valence-electron chi connectivity index (χ0n) is 10.5. The van der Waals surface area contributed by atoms with Crippen LogP contribution >= 0.6 is 11.8 Å². The van der Waals surface area contributed by atoms with Crippen molar-refractivity contribution in [2.45, 2.75) is 4.90 Å². The molecule has 0 saturated carbocycles. The second-order valence-electron chi connectivity index (χ2n) is 3.71. The molecule has 0 spiro atoms. The Kier molecular flexibility index (Phi) is 4.86. The third-order valence-electron chi connectivity index (χ3n) is 2.48. The summed E-state index contributed by atoms with van der Waals surface area (Å²) in [6.07, 6.45) is 0. The van der Waals surface area contributed by atoms with E-state index in [0.29, 0.717) is 17.3 Å². The number of carbonyl (C=O) groups excluding carboxylic acids is 1. The van der Waals surface area contributed by atoms with Crippen LogP contribution in [0, 0.1) is 0 Å². The van der Waals surface area contributed by atoms with Gasteiger partial charge in [-0.1, -0.05) is 42.1 Å². The van der Waals surface area contributed by atoms with Gasteiger partial charge in [0, 0.05) is 4.90 Å². The van der Waals surface area contributed by atoms with Crippen LogP contribution in [0.1, 0.15) is 10.4 Å². The van der Waals surface area contributed by atoms with Gasteiger partial charge in [0.25, 0.3) is 0 Å². The van der Waals surface area contributed by atoms with E-state index in [-0.39, 0.29) is 5.97 Å². The van der Waals surface area contributed by atoms with Crippen LogP contribution in [-0.2, 0) is 4.74 Å². The van der Waals surface area contributed by atoms with Crippen molar-refractivity contribution in [1.29, 1.82) is 0 Å². The molecule has 19 heavy (non-hydrogen) atoms. The summed E-state index contributed by atoms with van der Waals surface area (Å²) in [6, 6.07) is 17.0. The van der Waals surface area contributed by atoms with Gasteiger partial charge in [-0.05, 0) is 24.3 Å². The predicted molar refractivity (Wildman–Crippen MR) is 75.6 cm³/mol. The number of thioether (sulfide) groups is 1. The summed E-state index contributed by atoms with van der Waals surface area (Å²) in [5, 5.41) is 0. The molecule has 0 fully saturated rings. The highest BCUT2D eigenvalue weighted by Gasteiger charge is 2.11. The summed E-state index contributed by atoms with van der Waals surface area (Å²) >= 11 is 1.57. The van der Waals surface area contributed by atoms with Gasteiger partial charge in [-0.15, -0.1) is 0 Å². The zero-order chi connectivity index (χ0) is 13.5. The van der Waals surface area contributed by atoms with Gasteiger partial charge in [0.15, 0.2) is 0 Å². The third-order valence-corrected chi connectivity index (χ3v) is 3.32. The second kappa shape index (κ2) is 6.85. The maximum Gasteiger partial charge on any atom is 0.341 e. The lowest BCUT2D eigenvalue weighted by atomic mass is 10.2. The largest absolute Gasteiger partial charge is 0.482 e. The van der Waals surface area contributed by atoms with Crippen molar-refractivity contribution in [3.05, 3.63) is 60.2 Å². The number of carbonyl (C=O) groups is 1. The van der Waals surface area contributed by atoms with E-state index in [9.17, 15) is 4.79 Å². The first-order valence-corrected chi connectivity index (χ1v) is 6.78. The van der Waals surface area contributed by atoms with E-state index in [1.54, 1.807) is 30.0 Å². The minimum absolute atomic E-state index is 0.389. The van der Waals surface area contributed by atoms with Gasteiger partial charge in [-0.3, -0.25) is 0 Å². The molecule has 0 saturated heterocycles. The lowest BCUT2D eigenvalue weighted by Gasteiger charge is -2.09. The normalized spacial score (nSPS) is 9.95. The lowest BCUT2D eigenvalue weighted by molar-refractivity contribution is 0.0597. The molecule has 2 rings (SSSR count). The van der Waals surface area contributed by atoms with E-state index in [0.717, 1.165) is 4.90 Å². The first kappa shape index (κ1) is 13.5. The maximum absolute atomic E-state index is 11.6.